The highest BCUT2D eigenvalue weighted by Gasteiger charge is 2.13. The van der Waals surface area contributed by atoms with E-state index in [0.717, 1.165) is 40.7 Å². The van der Waals surface area contributed by atoms with Gasteiger partial charge in [0.05, 0.1) is 12.1 Å². The highest BCUT2D eigenvalue weighted by atomic mass is 32.1. The molecule has 1 saturated heterocycles. The Morgan fingerprint density at radius 1 is 1.11 bits per heavy atom. The lowest BCUT2D eigenvalue weighted by Crippen LogP contribution is -2.25. The van der Waals surface area contributed by atoms with Crippen molar-refractivity contribution in [2.45, 2.75) is 25.8 Å². The molecule has 0 aliphatic carbocycles. The zero-order valence-electron chi connectivity index (χ0n) is 15.1. The zero-order valence-corrected chi connectivity index (χ0v) is 15.9. The Bertz CT molecular complexity index is 886. The Balaban J connectivity index is 1.29. The van der Waals surface area contributed by atoms with Gasteiger partial charge in [0, 0.05) is 36.8 Å². The van der Waals surface area contributed by atoms with Crippen LogP contribution in [-0.4, -0.2) is 29.0 Å². The van der Waals surface area contributed by atoms with E-state index < -0.39 is 0 Å². The van der Waals surface area contributed by atoms with E-state index in [2.05, 4.69) is 20.2 Å². The lowest BCUT2D eigenvalue weighted by molar-refractivity contribution is -0.120. The van der Waals surface area contributed by atoms with Crippen LogP contribution in [0.5, 0.6) is 0 Å². The Labute approximate surface area is 163 Å². The number of hydrogen-bond acceptors (Lipinski definition) is 5. The van der Waals surface area contributed by atoms with Crippen molar-refractivity contribution in [3.8, 4) is 10.6 Å². The number of hydrogen-bond donors (Lipinski definition) is 1. The van der Waals surface area contributed by atoms with Crippen LogP contribution < -0.4 is 10.2 Å². The number of rotatable bonds is 6. The van der Waals surface area contributed by atoms with Gasteiger partial charge >= 0.3 is 0 Å². The van der Waals surface area contributed by atoms with Crippen molar-refractivity contribution in [3.63, 3.8) is 0 Å². The van der Waals surface area contributed by atoms with Gasteiger partial charge in [0.1, 0.15) is 10.8 Å². The van der Waals surface area contributed by atoms with Crippen LogP contribution in [-0.2, 0) is 17.8 Å². The first-order chi connectivity index (χ1) is 13.3. The van der Waals surface area contributed by atoms with Crippen molar-refractivity contribution in [3.05, 3.63) is 65.3 Å². The van der Waals surface area contributed by atoms with Crippen LogP contribution in [0.1, 0.15) is 24.1 Å². The fourth-order valence-corrected chi connectivity index (χ4v) is 4.01. The summed E-state index contributed by atoms with van der Waals surface area (Å²) in [7, 11) is 0. The second kappa shape index (κ2) is 8.31. The fourth-order valence-electron chi connectivity index (χ4n) is 3.18. The predicted octanol–water partition coefficient (Wildman–Crippen LogP) is 3.66. The molecule has 1 N–H and O–H groups in total. The molecule has 1 aliphatic rings. The van der Waals surface area contributed by atoms with Crippen molar-refractivity contribution in [2.24, 2.45) is 0 Å². The normalized spacial score (nSPS) is 13.7. The molecular formula is C21H22N4OS. The molecule has 1 aromatic carbocycles. The Hall–Kier alpha value is -2.73. The van der Waals surface area contributed by atoms with Gasteiger partial charge in [-0.15, -0.1) is 11.3 Å². The highest BCUT2D eigenvalue weighted by Crippen LogP contribution is 2.23. The van der Waals surface area contributed by atoms with Gasteiger partial charge in [0.15, 0.2) is 0 Å². The Morgan fingerprint density at radius 3 is 2.67 bits per heavy atom. The van der Waals surface area contributed by atoms with Gasteiger partial charge in [-0.1, -0.05) is 36.4 Å². The summed E-state index contributed by atoms with van der Waals surface area (Å²) in [5.74, 6) is 1.00. The first-order valence-electron chi connectivity index (χ1n) is 9.24. The number of benzene rings is 1. The molecule has 0 atom stereocenters. The molecule has 1 aliphatic heterocycles. The van der Waals surface area contributed by atoms with E-state index in [9.17, 15) is 4.79 Å². The quantitative estimate of drug-likeness (QED) is 0.711. The maximum Gasteiger partial charge on any atom is 0.226 e. The second-order valence-electron chi connectivity index (χ2n) is 6.68. The van der Waals surface area contributed by atoms with E-state index >= 15 is 0 Å². The Morgan fingerprint density at radius 2 is 1.93 bits per heavy atom. The third-order valence-electron chi connectivity index (χ3n) is 4.64. The molecule has 4 rings (SSSR count). The number of aromatic nitrogens is 2. The SMILES string of the molecule is O=C(Cc1csc(-c2ccccc2)n1)NCc1ccc(N2CCCC2)nc1. The lowest BCUT2D eigenvalue weighted by Gasteiger charge is -2.16. The molecule has 1 fully saturated rings. The third-order valence-corrected chi connectivity index (χ3v) is 5.58. The van der Waals surface area contributed by atoms with E-state index in [1.165, 1.54) is 12.8 Å². The van der Waals surface area contributed by atoms with Crippen LogP contribution in [0.3, 0.4) is 0 Å². The molecule has 0 spiro atoms. The molecule has 5 nitrogen and oxygen atoms in total. The standard InChI is InChI=1S/C21H22N4OS/c26-20(12-18-15-27-21(24-18)17-6-2-1-3-7-17)23-14-16-8-9-19(22-13-16)25-10-4-5-11-25/h1-3,6-9,13,15H,4-5,10-12,14H2,(H,23,26). The van der Waals surface area contributed by atoms with Gasteiger partial charge in [0.25, 0.3) is 0 Å². The molecule has 2 aromatic heterocycles. The molecule has 1 amide bonds. The maximum absolute atomic E-state index is 12.2. The zero-order chi connectivity index (χ0) is 18.5. The van der Waals surface area contributed by atoms with Crippen LogP contribution in [0, 0.1) is 0 Å². The van der Waals surface area contributed by atoms with Gasteiger partial charge < -0.3 is 10.2 Å². The van der Waals surface area contributed by atoms with Crippen LogP contribution in [0.15, 0.2) is 54.0 Å². The number of carbonyl (C=O) groups is 1. The molecule has 27 heavy (non-hydrogen) atoms. The minimum atomic E-state index is -0.0245. The maximum atomic E-state index is 12.2. The summed E-state index contributed by atoms with van der Waals surface area (Å²) in [5.41, 5.74) is 2.90. The number of thiazole rings is 1. The number of pyridine rings is 1. The van der Waals surface area contributed by atoms with Crippen LogP contribution in [0.4, 0.5) is 5.82 Å². The van der Waals surface area contributed by atoms with Crippen molar-refractivity contribution in [2.75, 3.05) is 18.0 Å². The summed E-state index contributed by atoms with van der Waals surface area (Å²) < 4.78 is 0. The van der Waals surface area contributed by atoms with Gasteiger partial charge in [-0.2, -0.15) is 0 Å². The van der Waals surface area contributed by atoms with Crippen molar-refractivity contribution >= 4 is 23.1 Å². The highest BCUT2D eigenvalue weighted by molar-refractivity contribution is 7.13. The van der Waals surface area contributed by atoms with Crippen LogP contribution in [0.25, 0.3) is 10.6 Å². The summed E-state index contributed by atoms with van der Waals surface area (Å²) in [6.45, 7) is 2.66. The molecular weight excluding hydrogens is 356 g/mol. The van der Waals surface area contributed by atoms with Crippen molar-refractivity contribution in [1.82, 2.24) is 15.3 Å². The van der Waals surface area contributed by atoms with Gasteiger partial charge in [-0.3, -0.25) is 4.79 Å². The molecule has 0 radical (unpaired) electrons. The monoisotopic (exact) mass is 378 g/mol. The van der Waals surface area contributed by atoms with E-state index in [1.54, 1.807) is 11.3 Å². The average Bonchev–Trinajstić information content (AvgIpc) is 3.40. The molecule has 3 heterocycles. The van der Waals surface area contributed by atoms with Gasteiger partial charge in [-0.05, 0) is 24.5 Å². The van der Waals surface area contributed by atoms with Crippen LogP contribution >= 0.6 is 11.3 Å². The topological polar surface area (TPSA) is 58.1 Å². The summed E-state index contributed by atoms with van der Waals surface area (Å²) in [5, 5.41) is 5.85. The third kappa shape index (κ3) is 4.52. The molecule has 6 heteroatoms. The minimum Gasteiger partial charge on any atom is -0.357 e. The Kier molecular flexibility index (Phi) is 5.44. The van der Waals surface area contributed by atoms with E-state index in [4.69, 9.17) is 0 Å². The summed E-state index contributed by atoms with van der Waals surface area (Å²) in [4.78, 5) is 23.6. The lowest BCUT2D eigenvalue weighted by atomic mass is 10.2. The smallest absolute Gasteiger partial charge is 0.226 e. The minimum absolute atomic E-state index is 0.0245. The largest absolute Gasteiger partial charge is 0.357 e. The van der Waals surface area contributed by atoms with Gasteiger partial charge in [-0.25, -0.2) is 9.97 Å². The number of amides is 1. The number of nitrogens with zero attached hydrogens (tertiary/aromatic N) is 3. The number of nitrogens with one attached hydrogen (secondary N) is 1. The van der Waals surface area contributed by atoms with Gasteiger partial charge in [0.2, 0.25) is 5.91 Å². The van der Waals surface area contributed by atoms with Crippen molar-refractivity contribution in [1.29, 1.82) is 0 Å². The van der Waals surface area contributed by atoms with E-state index in [0.29, 0.717) is 13.0 Å². The predicted molar refractivity (Wildman–Crippen MR) is 109 cm³/mol. The summed E-state index contributed by atoms with van der Waals surface area (Å²) >= 11 is 1.57. The average molecular weight is 379 g/mol. The first-order valence-corrected chi connectivity index (χ1v) is 10.1. The summed E-state index contributed by atoms with van der Waals surface area (Å²) in [6, 6.07) is 14.1. The van der Waals surface area contributed by atoms with Crippen molar-refractivity contribution < 1.29 is 4.79 Å². The number of carbonyl (C=O) groups excluding carboxylic acids is 1. The molecule has 3 aromatic rings. The number of anilines is 1. The molecule has 138 valence electrons. The van der Waals surface area contributed by atoms with E-state index in [1.807, 2.05) is 54.0 Å². The molecule has 0 unspecified atom stereocenters. The first kappa shape index (κ1) is 17.7. The second-order valence-corrected chi connectivity index (χ2v) is 7.54. The summed E-state index contributed by atoms with van der Waals surface area (Å²) in [6.07, 6.45) is 4.62. The van der Waals surface area contributed by atoms with Crippen LogP contribution in [0.2, 0.25) is 0 Å². The molecule has 0 bridgehead atoms. The fraction of sp³-hybridized carbons (Fsp3) is 0.286. The van der Waals surface area contributed by atoms with E-state index in [-0.39, 0.29) is 5.91 Å². The molecule has 0 saturated carbocycles.